The molecule has 0 spiro atoms. The molecule has 114 valence electrons. The van der Waals surface area contributed by atoms with E-state index in [1.165, 1.54) is 4.90 Å². The van der Waals surface area contributed by atoms with E-state index < -0.39 is 6.43 Å². The molecule has 0 aliphatic carbocycles. The Morgan fingerprint density at radius 2 is 2.05 bits per heavy atom. The summed E-state index contributed by atoms with van der Waals surface area (Å²) in [6.45, 7) is 7.24. The lowest BCUT2D eigenvalue weighted by molar-refractivity contribution is 0.156. The van der Waals surface area contributed by atoms with E-state index in [1.807, 2.05) is 13.8 Å². The number of aromatic nitrogens is 2. The second-order valence-electron chi connectivity index (χ2n) is 5.16. The number of hydrogen-bond acceptors (Lipinski definition) is 4. The van der Waals surface area contributed by atoms with Gasteiger partial charge in [0, 0.05) is 19.5 Å². The summed E-state index contributed by atoms with van der Waals surface area (Å²) in [5.41, 5.74) is 1.44. The van der Waals surface area contributed by atoms with Gasteiger partial charge in [0.25, 0.3) is 6.43 Å². The van der Waals surface area contributed by atoms with Gasteiger partial charge in [-0.15, -0.1) is 0 Å². The number of anilines is 1. The molecular weight excluding hydrogens is 262 g/mol. The van der Waals surface area contributed by atoms with Crippen molar-refractivity contribution in [1.29, 1.82) is 0 Å². The Labute approximate surface area is 119 Å². The van der Waals surface area contributed by atoms with Crippen LogP contribution in [-0.4, -0.2) is 36.5 Å². The summed E-state index contributed by atoms with van der Waals surface area (Å²) >= 11 is 0. The predicted octanol–water partition coefficient (Wildman–Crippen LogP) is 2.80. The van der Waals surface area contributed by atoms with Gasteiger partial charge < -0.3 is 10.2 Å². The van der Waals surface area contributed by atoms with Gasteiger partial charge in [0.05, 0.1) is 24.1 Å². The van der Waals surface area contributed by atoms with Crippen LogP contribution in [-0.2, 0) is 6.54 Å². The van der Waals surface area contributed by atoms with Gasteiger partial charge in [0.15, 0.2) is 0 Å². The number of rotatable bonds is 8. The Kier molecular flexibility index (Phi) is 6.78. The quantitative estimate of drug-likeness (QED) is 0.746. The fraction of sp³-hybridized carbons (Fsp3) is 0.714. The lowest BCUT2D eigenvalue weighted by atomic mass is 10.2. The number of nitrogens with one attached hydrogen (secondary N) is 1. The minimum atomic E-state index is -2.37. The van der Waals surface area contributed by atoms with Crippen LogP contribution >= 0.6 is 0 Å². The summed E-state index contributed by atoms with van der Waals surface area (Å²) in [4.78, 5) is 10.3. The maximum atomic E-state index is 12.5. The molecule has 1 aromatic rings. The smallest absolute Gasteiger partial charge is 0.255 e. The molecule has 0 bridgehead atoms. The lowest BCUT2D eigenvalue weighted by Gasteiger charge is -2.22. The van der Waals surface area contributed by atoms with Gasteiger partial charge in [-0.1, -0.05) is 20.8 Å². The number of halogens is 2. The molecule has 0 fully saturated rings. The zero-order valence-electron chi connectivity index (χ0n) is 12.7. The average molecular weight is 286 g/mol. The summed E-state index contributed by atoms with van der Waals surface area (Å²) in [5.74, 6) is 0.960. The first-order valence-corrected chi connectivity index (χ1v) is 7.01. The van der Waals surface area contributed by atoms with Gasteiger partial charge >= 0.3 is 0 Å². The predicted molar refractivity (Wildman–Crippen MR) is 77.4 cm³/mol. The maximum absolute atomic E-state index is 12.5. The van der Waals surface area contributed by atoms with Gasteiger partial charge in [0.1, 0.15) is 5.82 Å². The van der Waals surface area contributed by atoms with E-state index >= 15 is 0 Å². The lowest BCUT2D eigenvalue weighted by Crippen LogP contribution is -2.27. The van der Waals surface area contributed by atoms with Gasteiger partial charge in [-0.25, -0.2) is 18.7 Å². The SMILES string of the molecule is CCCNCc1nc(C(C)C)ncc1N(C)CC(F)F. The highest BCUT2D eigenvalue weighted by atomic mass is 19.3. The van der Waals surface area contributed by atoms with Crippen molar-refractivity contribution in [1.82, 2.24) is 15.3 Å². The van der Waals surface area contributed by atoms with Crippen molar-refractivity contribution in [2.45, 2.75) is 46.1 Å². The molecule has 1 rings (SSSR count). The monoisotopic (exact) mass is 286 g/mol. The van der Waals surface area contributed by atoms with E-state index in [0.717, 1.165) is 24.5 Å². The van der Waals surface area contributed by atoms with Crippen molar-refractivity contribution in [3.8, 4) is 0 Å². The van der Waals surface area contributed by atoms with Crippen LogP contribution in [0.2, 0.25) is 0 Å². The van der Waals surface area contributed by atoms with Crippen molar-refractivity contribution >= 4 is 5.69 Å². The first kappa shape index (κ1) is 16.8. The second-order valence-corrected chi connectivity index (χ2v) is 5.16. The molecule has 0 unspecified atom stereocenters. The molecule has 1 N–H and O–H groups in total. The van der Waals surface area contributed by atoms with Crippen molar-refractivity contribution in [2.75, 3.05) is 25.0 Å². The zero-order valence-corrected chi connectivity index (χ0v) is 12.7. The average Bonchev–Trinajstić information content (AvgIpc) is 2.37. The second kappa shape index (κ2) is 8.09. The van der Waals surface area contributed by atoms with Gasteiger partial charge in [0.2, 0.25) is 0 Å². The Bertz CT molecular complexity index is 410. The zero-order chi connectivity index (χ0) is 15.1. The molecule has 0 saturated heterocycles. The molecule has 0 amide bonds. The van der Waals surface area contributed by atoms with Crippen LogP contribution in [0.15, 0.2) is 6.20 Å². The summed E-state index contributed by atoms with van der Waals surface area (Å²) in [7, 11) is 1.64. The molecule has 0 saturated carbocycles. The summed E-state index contributed by atoms with van der Waals surface area (Å²) in [6, 6.07) is 0. The minimum Gasteiger partial charge on any atom is -0.366 e. The van der Waals surface area contributed by atoms with E-state index in [2.05, 4.69) is 22.2 Å². The number of alkyl halides is 2. The van der Waals surface area contributed by atoms with Crippen LogP contribution in [0.1, 0.15) is 44.6 Å². The van der Waals surface area contributed by atoms with E-state index in [-0.39, 0.29) is 12.5 Å². The normalized spacial score (nSPS) is 11.4. The third kappa shape index (κ3) is 5.00. The van der Waals surface area contributed by atoms with E-state index in [4.69, 9.17) is 0 Å². The van der Waals surface area contributed by atoms with Crippen LogP contribution in [0.5, 0.6) is 0 Å². The van der Waals surface area contributed by atoms with Crippen molar-refractivity contribution in [3.05, 3.63) is 17.7 Å². The summed E-state index contributed by atoms with van der Waals surface area (Å²) in [6.07, 6.45) is 0.291. The maximum Gasteiger partial charge on any atom is 0.255 e. The Hall–Kier alpha value is -1.30. The van der Waals surface area contributed by atoms with E-state index in [0.29, 0.717) is 12.2 Å². The molecule has 6 heteroatoms. The minimum absolute atomic E-state index is 0.217. The molecule has 1 aromatic heterocycles. The highest BCUT2D eigenvalue weighted by Gasteiger charge is 2.15. The van der Waals surface area contributed by atoms with Gasteiger partial charge in [-0.2, -0.15) is 0 Å². The Balaban J connectivity index is 2.95. The standard InChI is InChI=1S/C14H24F2N4/c1-5-6-17-7-11-12(20(4)9-13(15)16)8-18-14(19-11)10(2)3/h8,10,13,17H,5-7,9H2,1-4H3. The molecule has 0 aliphatic rings. The van der Waals surface area contributed by atoms with Gasteiger partial charge in [-0.3, -0.25) is 0 Å². The molecule has 0 radical (unpaired) electrons. The van der Waals surface area contributed by atoms with Crippen LogP contribution in [0.4, 0.5) is 14.5 Å². The summed E-state index contributed by atoms with van der Waals surface area (Å²) in [5, 5.41) is 3.26. The van der Waals surface area contributed by atoms with E-state index in [1.54, 1.807) is 13.2 Å². The largest absolute Gasteiger partial charge is 0.366 e. The van der Waals surface area contributed by atoms with Crippen molar-refractivity contribution in [2.24, 2.45) is 0 Å². The Morgan fingerprint density at radius 1 is 1.35 bits per heavy atom. The topological polar surface area (TPSA) is 41.1 Å². The fourth-order valence-electron chi connectivity index (χ4n) is 1.84. The molecule has 1 heterocycles. The first-order valence-electron chi connectivity index (χ1n) is 7.01. The highest BCUT2D eigenvalue weighted by molar-refractivity contribution is 5.48. The van der Waals surface area contributed by atoms with Crippen molar-refractivity contribution < 1.29 is 8.78 Å². The molecule has 4 nitrogen and oxygen atoms in total. The van der Waals surface area contributed by atoms with Crippen LogP contribution < -0.4 is 10.2 Å². The number of nitrogens with zero attached hydrogens (tertiary/aromatic N) is 3. The van der Waals surface area contributed by atoms with Crippen LogP contribution in [0.3, 0.4) is 0 Å². The molecule has 0 aromatic carbocycles. The third-order valence-corrected chi connectivity index (χ3v) is 2.92. The first-order chi connectivity index (χ1) is 9.45. The molecule has 0 aliphatic heterocycles. The fourth-order valence-corrected chi connectivity index (χ4v) is 1.84. The van der Waals surface area contributed by atoms with Gasteiger partial charge in [-0.05, 0) is 13.0 Å². The van der Waals surface area contributed by atoms with Crippen molar-refractivity contribution in [3.63, 3.8) is 0 Å². The highest BCUT2D eigenvalue weighted by Crippen LogP contribution is 2.20. The van der Waals surface area contributed by atoms with Crippen LogP contribution in [0.25, 0.3) is 0 Å². The molecular formula is C14H24F2N4. The summed E-state index contributed by atoms with van der Waals surface area (Å²) < 4.78 is 25.0. The van der Waals surface area contributed by atoms with E-state index in [9.17, 15) is 8.78 Å². The molecule has 0 atom stereocenters. The molecule has 20 heavy (non-hydrogen) atoms. The number of hydrogen-bond donors (Lipinski definition) is 1. The Morgan fingerprint density at radius 3 is 2.60 bits per heavy atom. The third-order valence-electron chi connectivity index (χ3n) is 2.92. The van der Waals surface area contributed by atoms with Crippen LogP contribution in [0, 0.1) is 0 Å².